The molecule has 26 heavy (non-hydrogen) atoms. The molecule has 0 bridgehead atoms. The van der Waals surface area contributed by atoms with Crippen LogP contribution >= 0.6 is 0 Å². The molecular formula is C23H45NO2. The summed E-state index contributed by atoms with van der Waals surface area (Å²) < 4.78 is 0. The summed E-state index contributed by atoms with van der Waals surface area (Å²) in [6.45, 7) is 9.19. The lowest BCUT2D eigenvalue weighted by Gasteiger charge is -2.46. The van der Waals surface area contributed by atoms with Crippen molar-refractivity contribution in [1.29, 1.82) is 0 Å². The predicted octanol–water partition coefficient (Wildman–Crippen LogP) is 4.74. The molecule has 0 aromatic carbocycles. The Hall–Kier alpha value is -0.120. The first-order chi connectivity index (χ1) is 12.4. The van der Waals surface area contributed by atoms with Crippen molar-refractivity contribution in [3.05, 3.63) is 0 Å². The lowest BCUT2D eigenvalue weighted by molar-refractivity contribution is -0.0396. The van der Waals surface area contributed by atoms with Crippen molar-refractivity contribution in [3.8, 4) is 0 Å². The van der Waals surface area contributed by atoms with Crippen molar-refractivity contribution in [1.82, 2.24) is 0 Å². The number of nitrogens with two attached hydrogens (primary N) is 1. The standard InChI is InChI=1S/C23H45NO2/c1-5-9-20(25)23(26)22(24)21(17-10-7-6-8-11-17)18-12-13-19(15(2)3)16(4)14-18/h15-23,25-26H,5-14,24H2,1-4H3/t16?,18-,19?,20+,21?,22+,23?/m1/s1. The van der Waals surface area contributed by atoms with Gasteiger partial charge in [0.05, 0.1) is 12.2 Å². The minimum Gasteiger partial charge on any atom is -0.390 e. The maximum absolute atomic E-state index is 10.8. The van der Waals surface area contributed by atoms with Crippen LogP contribution in [-0.4, -0.2) is 28.5 Å². The molecule has 3 heteroatoms. The molecule has 4 unspecified atom stereocenters. The molecule has 7 atom stereocenters. The Bertz CT molecular complexity index is 394. The third-order valence-corrected chi connectivity index (χ3v) is 7.69. The number of hydrogen-bond acceptors (Lipinski definition) is 3. The minimum atomic E-state index is -0.778. The molecule has 2 saturated carbocycles. The van der Waals surface area contributed by atoms with Gasteiger partial charge >= 0.3 is 0 Å². The first-order valence-electron chi connectivity index (χ1n) is 11.5. The quantitative estimate of drug-likeness (QED) is 0.580. The highest BCUT2D eigenvalue weighted by atomic mass is 16.3. The molecule has 0 aliphatic heterocycles. The molecule has 4 N–H and O–H groups in total. The number of aliphatic hydroxyl groups is 2. The number of hydrogen-bond donors (Lipinski definition) is 3. The summed E-state index contributed by atoms with van der Waals surface area (Å²) in [5, 5.41) is 21.2. The molecule has 2 fully saturated rings. The molecule has 0 radical (unpaired) electrons. The molecule has 0 heterocycles. The van der Waals surface area contributed by atoms with Crippen molar-refractivity contribution in [2.45, 2.75) is 110 Å². The van der Waals surface area contributed by atoms with Crippen molar-refractivity contribution in [3.63, 3.8) is 0 Å². The average molecular weight is 368 g/mol. The summed E-state index contributed by atoms with van der Waals surface area (Å²) in [4.78, 5) is 0. The second-order valence-electron chi connectivity index (χ2n) is 9.86. The van der Waals surface area contributed by atoms with E-state index < -0.39 is 12.2 Å². The molecule has 0 spiro atoms. The van der Waals surface area contributed by atoms with Crippen molar-refractivity contribution in [2.75, 3.05) is 0 Å². The van der Waals surface area contributed by atoms with E-state index in [1.165, 1.54) is 51.4 Å². The highest BCUT2D eigenvalue weighted by Crippen LogP contribution is 2.46. The Morgan fingerprint density at radius 3 is 2.15 bits per heavy atom. The van der Waals surface area contributed by atoms with Crippen LogP contribution in [0.5, 0.6) is 0 Å². The molecule has 2 rings (SSSR count). The van der Waals surface area contributed by atoms with Crippen LogP contribution in [0.3, 0.4) is 0 Å². The monoisotopic (exact) mass is 367 g/mol. The van der Waals surface area contributed by atoms with Gasteiger partial charge in [-0.05, 0) is 61.2 Å². The summed E-state index contributed by atoms with van der Waals surface area (Å²) in [6, 6.07) is -0.285. The van der Waals surface area contributed by atoms with Gasteiger partial charge in [0, 0.05) is 6.04 Å². The van der Waals surface area contributed by atoms with Gasteiger partial charge in [-0.15, -0.1) is 0 Å². The molecule has 0 aromatic rings. The van der Waals surface area contributed by atoms with Crippen molar-refractivity contribution < 1.29 is 10.2 Å². The van der Waals surface area contributed by atoms with Gasteiger partial charge in [-0.2, -0.15) is 0 Å². The fourth-order valence-electron chi connectivity index (χ4n) is 6.28. The molecule has 0 aromatic heterocycles. The van der Waals surface area contributed by atoms with Crippen LogP contribution in [0.15, 0.2) is 0 Å². The van der Waals surface area contributed by atoms with Gasteiger partial charge in [0.2, 0.25) is 0 Å². The summed E-state index contributed by atoms with van der Waals surface area (Å²) >= 11 is 0. The zero-order chi connectivity index (χ0) is 19.3. The van der Waals surface area contributed by atoms with Gasteiger partial charge < -0.3 is 15.9 Å². The third-order valence-electron chi connectivity index (χ3n) is 7.69. The molecule has 0 amide bonds. The molecule has 3 nitrogen and oxygen atoms in total. The first-order valence-corrected chi connectivity index (χ1v) is 11.5. The van der Waals surface area contributed by atoms with E-state index in [-0.39, 0.29) is 6.04 Å². The largest absolute Gasteiger partial charge is 0.390 e. The van der Waals surface area contributed by atoms with E-state index in [9.17, 15) is 10.2 Å². The van der Waals surface area contributed by atoms with Crippen LogP contribution in [0, 0.1) is 35.5 Å². The van der Waals surface area contributed by atoms with Gasteiger partial charge in [0.15, 0.2) is 0 Å². The van der Waals surface area contributed by atoms with Gasteiger partial charge in [-0.3, -0.25) is 0 Å². The Kier molecular flexibility index (Phi) is 8.90. The molecular weight excluding hydrogens is 322 g/mol. The number of aliphatic hydroxyl groups excluding tert-OH is 2. The highest BCUT2D eigenvalue weighted by molar-refractivity contribution is 4.95. The average Bonchev–Trinajstić information content (AvgIpc) is 2.62. The second-order valence-corrected chi connectivity index (χ2v) is 9.86. The minimum absolute atomic E-state index is 0.285. The molecule has 2 aliphatic rings. The maximum atomic E-state index is 10.8. The topological polar surface area (TPSA) is 66.5 Å². The van der Waals surface area contributed by atoms with Crippen LogP contribution in [0.2, 0.25) is 0 Å². The Labute approximate surface area is 162 Å². The van der Waals surface area contributed by atoms with Gasteiger partial charge in [0.1, 0.15) is 0 Å². The normalized spacial score (nSPS) is 33.0. The van der Waals surface area contributed by atoms with Crippen LogP contribution in [0.1, 0.15) is 91.9 Å². The smallest absolute Gasteiger partial charge is 0.0952 e. The van der Waals surface area contributed by atoms with Gasteiger partial charge in [0.25, 0.3) is 0 Å². The SMILES string of the molecule is CCC[C@H](O)C(O)[C@@H](N)C(C1CCCCC1)[C@@H]1CCC(C(C)C)C(C)C1. The zero-order valence-corrected chi connectivity index (χ0v) is 17.7. The van der Waals surface area contributed by atoms with E-state index in [1.807, 2.05) is 0 Å². The van der Waals surface area contributed by atoms with Crippen LogP contribution in [0.4, 0.5) is 0 Å². The molecule has 154 valence electrons. The van der Waals surface area contributed by atoms with E-state index in [4.69, 9.17) is 5.73 Å². The van der Waals surface area contributed by atoms with E-state index >= 15 is 0 Å². The van der Waals surface area contributed by atoms with E-state index in [0.717, 1.165) is 24.2 Å². The van der Waals surface area contributed by atoms with Crippen LogP contribution in [-0.2, 0) is 0 Å². The van der Waals surface area contributed by atoms with E-state index in [2.05, 4.69) is 27.7 Å². The lowest BCUT2D eigenvalue weighted by atomic mass is 9.61. The van der Waals surface area contributed by atoms with Crippen LogP contribution < -0.4 is 5.73 Å². The van der Waals surface area contributed by atoms with Gasteiger partial charge in [-0.1, -0.05) is 66.2 Å². The summed E-state index contributed by atoms with van der Waals surface area (Å²) in [5.41, 5.74) is 6.68. The maximum Gasteiger partial charge on any atom is 0.0952 e. The second kappa shape index (κ2) is 10.4. The number of rotatable bonds is 8. The predicted molar refractivity (Wildman–Crippen MR) is 110 cm³/mol. The summed E-state index contributed by atoms with van der Waals surface area (Å²) in [5.74, 6) is 3.93. The lowest BCUT2D eigenvalue weighted by Crippen LogP contribution is -2.53. The summed E-state index contributed by atoms with van der Waals surface area (Å²) in [6.07, 6.45) is 10.3. The first kappa shape index (κ1) is 22.2. The summed E-state index contributed by atoms with van der Waals surface area (Å²) in [7, 11) is 0. The van der Waals surface area contributed by atoms with Crippen LogP contribution in [0.25, 0.3) is 0 Å². The zero-order valence-electron chi connectivity index (χ0n) is 17.7. The fourth-order valence-corrected chi connectivity index (χ4v) is 6.28. The Morgan fingerprint density at radius 2 is 1.62 bits per heavy atom. The van der Waals surface area contributed by atoms with E-state index in [1.54, 1.807) is 0 Å². The Morgan fingerprint density at radius 1 is 0.962 bits per heavy atom. The third kappa shape index (κ3) is 5.45. The molecule has 0 saturated heterocycles. The highest BCUT2D eigenvalue weighted by Gasteiger charge is 2.42. The van der Waals surface area contributed by atoms with Gasteiger partial charge in [-0.25, -0.2) is 0 Å². The molecule has 2 aliphatic carbocycles. The van der Waals surface area contributed by atoms with Crippen molar-refractivity contribution >= 4 is 0 Å². The van der Waals surface area contributed by atoms with E-state index in [0.29, 0.717) is 24.2 Å². The fraction of sp³-hybridized carbons (Fsp3) is 1.00. The Balaban J connectivity index is 2.13. The van der Waals surface area contributed by atoms with Crippen molar-refractivity contribution in [2.24, 2.45) is 41.2 Å².